The maximum absolute atomic E-state index is 14.0. The highest BCUT2D eigenvalue weighted by molar-refractivity contribution is 9.10. The highest BCUT2D eigenvalue weighted by atomic mass is 79.9. The minimum Gasteiger partial charge on any atom is -0.493 e. The van der Waals surface area contributed by atoms with Gasteiger partial charge in [-0.2, -0.15) is 0 Å². The van der Waals surface area contributed by atoms with Gasteiger partial charge in [-0.3, -0.25) is 9.36 Å². The summed E-state index contributed by atoms with van der Waals surface area (Å²) in [6.07, 6.45) is 1.74. The van der Waals surface area contributed by atoms with Crippen LogP contribution in [0.1, 0.15) is 36.6 Å². The van der Waals surface area contributed by atoms with Crippen LogP contribution in [0.4, 0.5) is 0 Å². The molecule has 0 N–H and O–H groups in total. The van der Waals surface area contributed by atoms with Gasteiger partial charge in [0.2, 0.25) is 0 Å². The summed E-state index contributed by atoms with van der Waals surface area (Å²) >= 11 is 23.6. The average molecular weight is 723 g/mol. The maximum atomic E-state index is 14.0. The van der Waals surface area contributed by atoms with Crippen molar-refractivity contribution < 1.29 is 19.0 Å². The Morgan fingerprint density at radius 2 is 1.84 bits per heavy atom. The number of methoxy groups -OCH3 is 1. The summed E-state index contributed by atoms with van der Waals surface area (Å²) in [5.41, 5.74) is 2.51. The van der Waals surface area contributed by atoms with E-state index in [9.17, 15) is 9.59 Å². The van der Waals surface area contributed by atoms with Crippen LogP contribution in [0.5, 0.6) is 11.5 Å². The minimum atomic E-state index is -0.804. The molecule has 12 heteroatoms. The molecule has 0 radical (unpaired) electrons. The van der Waals surface area contributed by atoms with Crippen molar-refractivity contribution in [1.82, 2.24) is 4.57 Å². The molecule has 0 bridgehead atoms. The summed E-state index contributed by atoms with van der Waals surface area (Å²) in [6.45, 7) is 3.87. The summed E-state index contributed by atoms with van der Waals surface area (Å²) in [6, 6.07) is 15.1. The predicted octanol–water partition coefficient (Wildman–Crippen LogP) is 7.11. The molecular weight excluding hydrogens is 699 g/mol. The molecular formula is C31H24BrCl3N2O5S. The van der Waals surface area contributed by atoms with E-state index in [4.69, 9.17) is 49.0 Å². The fraction of sp³-hybridized carbons (Fsp3) is 0.194. The van der Waals surface area contributed by atoms with E-state index in [1.165, 1.54) is 23.0 Å². The van der Waals surface area contributed by atoms with Crippen LogP contribution in [0.2, 0.25) is 15.1 Å². The van der Waals surface area contributed by atoms with Crippen molar-refractivity contribution in [2.45, 2.75) is 26.5 Å². The second kappa shape index (κ2) is 13.3. The number of allylic oxidation sites excluding steroid dienone is 1. The van der Waals surface area contributed by atoms with E-state index in [0.717, 1.165) is 5.56 Å². The zero-order chi connectivity index (χ0) is 30.8. The third-order valence-corrected chi connectivity index (χ3v) is 9.42. The molecule has 3 aromatic carbocycles. The van der Waals surface area contributed by atoms with E-state index in [1.54, 1.807) is 62.4 Å². The minimum absolute atomic E-state index is 0.179. The van der Waals surface area contributed by atoms with Crippen LogP contribution < -0.4 is 24.4 Å². The zero-order valence-electron chi connectivity index (χ0n) is 23.1. The molecule has 1 aliphatic heterocycles. The number of ether oxygens (including phenoxy) is 3. The van der Waals surface area contributed by atoms with Gasteiger partial charge in [0.25, 0.3) is 5.56 Å². The average Bonchev–Trinajstić information content (AvgIpc) is 3.28. The third kappa shape index (κ3) is 6.42. The number of halogens is 4. The molecule has 1 atom stereocenters. The number of benzene rings is 3. The van der Waals surface area contributed by atoms with Crippen LogP contribution in [0.25, 0.3) is 6.08 Å². The Bertz CT molecular complexity index is 1950. The summed E-state index contributed by atoms with van der Waals surface area (Å²) in [7, 11) is 1.54. The number of esters is 1. The Hall–Kier alpha value is -3.08. The number of carbonyl (C=O) groups excluding carboxylic acids is 1. The van der Waals surface area contributed by atoms with Crippen molar-refractivity contribution in [3.05, 3.63) is 122 Å². The Morgan fingerprint density at radius 3 is 2.53 bits per heavy atom. The number of nitrogens with zero attached hydrogens (tertiary/aromatic N) is 2. The molecule has 0 saturated carbocycles. The van der Waals surface area contributed by atoms with Crippen molar-refractivity contribution in [2.75, 3.05) is 13.7 Å². The van der Waals surface area contributed by atoms with Gasteiger partial charge in [0.15, 0.2) is 16.3 Å². The first-order valence-corrected chi connectivity index (χ1v) is 15.8. The number of hydrogen-bond acceptors (Lipinski definition) is 7. The standard InChI is InChI=1S/C31H24BrCl3N2O5S/c1-4-41-30(39)27-16(2)36-31-37(28(27)19-7-5-6-8-21(19)33)29(38)26(43-31)13-18-12-24(40-3)25(14-20(18)32)42-15-17-9-10-22(34)23(35)11-17/h5-14,28H,4,15H2,1-3H3/b26-13+/t28-/m0/s1. The first-order chi connectivity index (χ1) is 20.6. The monoisotopic (exact) mass is 720 g/mol. The van der Waals surface area contributed by atoms with Gasteiger partial charge >= 0.3 is 5.97 Å². The van der Waals surface area contributed by atoms with Gasteiger partial charge in [-0.15, -0.1) is 0 Å². The fourth-order valence-corrected chi connectivity index (χ4v) is 6.68. The van der Waals surface area contributed by atoms with Crippen LogP contribution in [0.3, 0.4) is 0 Å². The largest absolute Gasteiger partial charge is 0.493 e. The molecule has 222 valence electrons. The van der Waals surface area contributed by atoms with E-state index >= 15 is 0 Å². The normalized spacial score (nSPS) is 14.8. The van der Waals surface area contributed by atoms with E-state index in [0.29, 0.717) is 57.2 Å². The summed E-state index contributed by atoms with van der Waals surface area (Å²) in [4.78, 5) is 32.1. The SMILES string of the molecule is CCOC(=O)C1=C(C)N=c2s/c(=C/c3cc(OC)c(OCc4ccc(Cl)c(Cl)c4)cc3Br)c(=O)n2[C@H]1c1ccccc1Cl. The molecule has 5 rings (SSSR count). The topological polar surface area (TPSA) is 79.1 Å². The van der Waals surface area contributed by atoms with Gasteiger partial charge in [-0.25, -0.2) is 9.79 Å². The first-order valence-electron chi connectivity index (χ1n) is 13.0. The van der Waals surface area contributed by atoms with Crippen LogP contribution in [-0.4, -0.2) is 24.3 Å². The fourth-order valence-electron chi connectivity index (χ4n) is 4.65. The molecule has 1 aliphatic rings. The second-order valence-corrected chi connectivity index (χ2v) is 12.5. The summed E-state index contributed by atoms with van der Waals surface area (Å²) in [5, 5.41) is 1.32. The van der Waals surface area contributed by atoms with Gasteiger partial charge < -0.3 is 14.2 Å². The first kappa shape index (κ1) is 31.3. The van der Waals surface area contributed by atoms with Crippen LogP contribution in [0, 0.1) is 0 Å². The molecule has 4 aromatic rings. The lowest BCUT2D eigenvalue weighted by Crippen LogP contribution is -2.40. The summed E-state index contributed by atoms with van der Waals surface area (Å²) in [5.74, 6) is 0.413. The number of aromatic nitrogens is 1. The third-order valence-electron chi connectivity index (χ3n) is 6.66. The quantitative estimate of drug-likeness (QED) is 0.181. The Morgan fingerprint density at radius 1 is 1.07 bits per heavy atom. The van der Waals surface area contributed by atoms with Gasteiger partial charge in [-0.05, 0) is 66.9 Å². The number of rotatable bonds is 8. The van der Waals surface area contributed by atoms with Crippen molar-refractivity contribution >= 4 is 74.1 Å². The van der Waals surface area contributed by atoms with E-state index < -0.39 is 12.0 Å². The number of hydrogen-bond donors (Lipinski definition) is 0. The molecule has 0 fully saturated rings. The number of thiazole rings is 1. The summed E-state index contributed by atoms with van der Waals surface area (Å²) < 4.78 is 19.5. The molecule has 0 aliphatic carbocycles. The van der Waals surface area contributed by atoms with Crippen molar-refractivity contribution in [1.29, 1.82) is 0 Å². The zero-order valence-corrected chi connectivity index (χ0v) is 27.8. The lowest BCUT2D eigenvalue weighted by molar-refractivity contribution is -0.139. The Balaban J connectivity index is 1.57. The van der Waals surface area contributed by atoms with Gasteiger partial charge in [0.05, 0.1) is 39.6 Å². The van der Waals surface area contributed by atoms with Crippen LogP contribution >= 0.6 is 62.1 Å². The van der Waals surface area contributed by atoms with E-state index in [-0.39, 0.29) is 24.3 Å². The molecule has 1 aromatic heterocycles. The second-order valence-electron chi connectivity index (χ2n) is 9.39. The number of fused-ring (bicyclic) bond motifs is 1. The molecule has 43 heavy (non-hydrogen) atoms. The highest BCUT2D eigenvalue weighted by Crippen LogP contribution is 2.36. The Kier molecular flexibility index (Phi) is 9.68. The molecule has 0 saturated heterocycles. The molecule has 2 heterocycles. The van der Waals surface area contributed by atoms with Crippen LogP contribution in [0.15, 0.2) is 80.1 Å². The van der Waals surface area contributed by atoms with Gasteiger partial charge in [-0.1, -0.05) is 86.3 Å². The predicted molar refractivity (Wildman–Crippen MR) is 173 cm³/mol. The molecule has 0 spiro atoms. The lowest BCUT2D eigenvalue weighted by Gasteiger charge is -2.25. The molecule has 0 unspecified atom stereocenters. The van der Waals surface area contributed by atoms with Gasteiger partial charge in [0, 0.05) is 9.50 Å². The van der Waals surface area contributed by atoms with Crippen molar-refractivity contribution in [3.63, 3.8) is 0 Å². The molecule has 0 amide bonds. The van der Waals surface area contributed by atoms with Crippen molar-refractivity contribution in [3.8, 4) is 11.5 Å². The highest BCUT2D eigenvalue weighted by Gasteiger charge is 2.34. The Labute approximate surface area is 274 Å². The van der Waals surface area contributed by atoms with E-state index in [1.807, 2.05) is 12.1 Å². The molecule has 7 nitrogen and oxygen atoms in total. The van der Waals surface area contributed by atoms with Gasteiger partial charge in [0.1, 0.15) is 12.6 Å². The van der Waals surface area contributed by atoms with Crippen LogP contribution in [-0.2, 0) is 16.1 Å². The maximum Gasteiger partial charge on any atom is 0.338 e. The van der Waals surface area contributed by atoms with E-state index in [2.05, 4.69) is 20.9 Å². The smallest absolute Gasteiger partial charge is 0.338 e. The lowest BCUT2D eigenvalue weighted by atomic mass is 9.96. The van der Waals surface area contributed by atoms with Crippen molar-refractivity contribution in [2.24, 2.45) is 4.99 Å². The number of carbonyl (C=O) groups is 1.